The number of carboxylic acid groups (broad SMARTS) is 3. The minimum Gasteiger partial charge on any atom is -0.508 e. The fourth-order valence-corrected chi connectivity index (χ4v) is 3.03. The second-order valence-corrected chi connectivity index (χ2v) is 7.38. The number of amides is 1. The number of carboxylic acids is 3. The van der Waals surface area contributed by atoms with E-state index in [0.29, 0.717) is 0 Å². The first-order valence-corrected chi connectivity index (χ1v) is 9.99. The number of carbonyl (C=O) groups is 5. The number of phenolic OH excluding ortho intramolecular Hbond substituents is 1. The third-order valence-electron chi connectivity index (χ3n) is 4.93. The molecule has 0 aliphatic carbocycles. The van der Waals surface area contributed by atoms with Crippen molar-refractivity contribution >= 4 is 35.5 Å². The lowest BCUT2D eigenvalue weighted by atomic mass is 9.97. The van der Waals surface area contributed by atoms with Crippen molar-refractivity contribution in [2.75, 3.05) is 20.3 Å². The van der Waals surface area contributed by atoms with E-state index in [1.807, 2.05) is 5.32 Å². The number of nitrogens with two attached hydrogens (primary N) is 1. The zero-order valence-corrected chi connectivity index (χ0v) is 18.7. The minimum atomic E-state index is -2.78. The Morgan fingerprint density at radius 3 is 2.31 bits per heavy atom. The lowest BCUT2D eigenvalue weighted by Gasteiger charge is -2.37. The number of nitrogens with zero attached hydrogens (tertiary/aromatic N) is 1. The maximum absolute atomic E-state index is 13.1. The number of phenols is 1. The summed E-state index contributed by atoms with van der Waals surface area (Å²) in [5.74, 6) is -9.72. The van der Waals surface area contributed by atoms with Crippen LogP contribution in [0.3, 0.4) is 0 Å². The standard InChI is InChI=1S/C21H23N3O12/c1-9-7-35-19(23-14(9)18(31)32)21(34-2,20(33)36-8-12(22)16(27)28)24-15(26)13(17(29)30)10-3-5-11(25)6-4-10/h3-6,12-13,19,25H,1,7-8,22H2,2H3,(H,24,26)(H,27,28)(H,29,30)(H,31,32)/t12-,13?,19-,21-/m0/s1. The van der Waals surface area contributed by atoms with Crippen molar-refractivity contribution in [2.45, 2.75) is 23.9 Å². The number of hydrogen-bond acceptors (Lipinski definition) is 11. The molecule has 0 spiro atoms. The SMILES string of the molecule is C=C1CO[C@@H]([C@](NC(=O)C(C(=O)O)c2ccc(O)cc2)(OC)C(=O)OC[C@H](N)C(=O)O)N=C1C(=O)O. The average molecular weight is 509 g/mol. The van der Waals surface area contributed by atoms with Gasteiger partial charge in [-0.2, -0.15) is 0 Å². The van der Waals surface area contributed by atoms with Crippen LogP contribution < -0.4 is 11.1 Å². The number of methoxy groups -OCH3 is 1. The molecule has 7 N–H and O–H groups in total. The van der Waals surface area contributed by atoms with Crippen molar-refractivity contribution < 1.29 is 58.6 Å². The Morgan fingerprint density at radius 1 is 1.19 bits per heavy atom. The molecule has 1 aliphatic rings. The van der Waals surface area contributed by atoms with Gasteiger partial charge in [-0.05, 0) is 17.7 Å². The molecular weight excluding hydrogens is 486 g/mol. The van der Waals surface area contributed by atoms with Crippen LogP contribution in [-0.4, -0.2) is 94.2 Å². The molecule has 15 nitrogen and oxygen atoms in total. The summed E-state index contributed by atoms with van der Waals surface area (Å²) >= 11 is 0. The van der Waals surface area contributed by atoms with E-state index in [-0.39, 0.29) is 16.9 Å². The van der Waals surface area contributed by atoms with Crippen molar-refractivity contribution in [3.8, 4) is 5.75 Å². The molecule has 0 aromatic heterocycles. The summed E-state index contributed by atoms with van der Waals surface area (Å²) in [6, 6.07) is 2.88. The largest absolute Gasteiger partial charge is 0.508 e. The van der Waals surface area contributed by atoms with E-state index in [9.17, 15) is 39.3 Å². The lowest BCUT2D eigenvalue weighted by Crippen LogP contribution is -2.66. The molecule has 36 heavy (non-hydrogen) atoms. The molecule has 0 saturated heterocycles. The van der Waals surface area contributed by atoms with Crippen molar-refractivity contribution in [1.29, 1.82) is 0 Å². The Hall–Kier alpha value is -4.34. The Kier molecular flexibility index (Phi) is 8.83. The molecule has 194 valence electrons. The highest BCUT2D eigenvalue weighted by atomic mass is 16.6. The van der Waals surface area contributed by atoms with Crippen LogP contribution in [0.5, 0.6) is 5.75 Å². The topological polar surface area (TPSA) is 244 Å². The summed E-state index contributed by atoms with van der Waals surface area (Å²) in [7, 11) is 0.887. The highest BCUT2D eigenvalue weighted by Gasteiger charge is 2.54. The van der Waals surface area contributed by atoms with Gasteiger partial charge in [-0.3, -0.25) is 14.4 Å². The zero-order valence-electron chi connectivity index (χ0n) is 18.7. The molecule has 1 unspecified atom stereocenters. The van der Waals surface area contributed by atoms with Gasteiger partial charge < -0.3 is 45.7 Å². The zero-order chi connectivity index (χ0) is 27.2. The molecule has 1 aliphatic heterocycles. The van der Waals surface area contributed by atoms with E-state index >= 15 is 0 Å². The van der Waals surface area contributed by atoms with Crippen molar-refractivity contribution in [2.24, 2.45) is 10.7 Å². The lowest BCUT2D eigenvalue weighted by molar-refractivity contribution is -0.199. The number of carbonyl (C=O) groups excluding carboxylic acids is 2. The van der Waals surface area contributed by atoms with Crippen LogP contribution in [0.15, 0.2) is 41.4 Å². The van der Waals surface area contributed by atoms with Gasteiger partial charge in [0.05, 0.1) is 6.61 Å². The smallest absolute Gasteiger partial charge is 0.365 e. The van der Waals surface area contributed by atoms with Crippen molar-refractivity contribution in [3.05, 3.63) is 42.0 Å². The predicted octanol–water partition coefficient (Wildman–Crippen LogP) is -1.59. The van der Waals surface area contributed by atoms with Gasteiger partial charge in [-0.15, -0.1) is 0 Å². The molecule has 1 amide bonds. The Bertz CT molecular complexity index is 1100. The first-order valence-electron chi connectivity index (χ1n) is 9.99. The number of esters is 1. The van der Waals surface area contributed by atoms with Gasteiger partial charge in [-0.1, -0.05) is 18.7 Å². The van der Waals surface area contributed by atoms with Gasteiger partial charge in [0.1, 0.15) is 18.4 Å². The summed E-state index contributed by atoms with van der Waals surface area (Å²) in [6.45, 7) is 2.11. The number of benzene rings is 1. The fraction of sp³-hybridized carbons (Fsp3) is 0.333. The van der Waals surface area contributed by atoms with E-state index in [1.165, 1.54) is 0 Å². The van der Waals surface area contributed by atoms with Gasteiger partial charge in [-0.25, -0.2) is 14.6 Å². The Balaban J connectivity index is 2.54. The van der Waals surface area contributed by atoms with Gasteiger partial charge in [0.2, 0.25) is 12.1 Å². The van der Waals surface area contributed by atoms with Gasteiger partial charge in [0, 0.05) is 12.7 Å². The second kappa shape index (κ2) is 11.4. The summed E-state index contributed by atoms with van der Waals surface area (Å²) in [5, 5.41) is 39.5. The van der Waals surface area contributed by atoms with E-state index < -0.39 is 72.6 Å². The van der Waals surface area contributed by atoms with Crippen molar-refractivity contribution in [3.63, 3.8) is 0 Å². The summed E-state index contributed by atoms with van der Waals surface area (Å²) in [6.07, 6.45) is -1.93. The van der Waals surface area contributed by atoms with Crippen LogP contribution in [0, 0.1) is 0 Å². The highest BCUT2D eigenvalue weighted by Crippen LogP contribution is 2.27. The number of rotatable bonds is 11. The van der Waals surface area contributed by atoms with Crippen LogP contribution >= 0.6 is 0 Å². The molecule has 1 heterocycles. The number of aliphatic carboxylic acids is 3. The Labute approximate surface area is 202 Å². The number of ether oxygens (including phenoxy) is 3. The third-order valence-corrected chi connectivity index (χ3v) is 4.93. The van der Waals surface area contributed by atoms with Gasteiger partial charge in [0.25, 0.3) is 5.72 Å². The van der Waals surface area contributed by atoms with E-state index in [0.717, 1.165) is 31.4 Å². The fourth-order valence-electron chi connectivity index (χ4n) is 3.03. The average Bonchev–Trinajstić information content (AvgIpc) is 2.82. The van der Waals surface area contributed by atoms with Crippen LogP contribution in [0.2, 0.25) is 0 Å². The quantitative estimate of drug-likeness (QED) is 0.112. The molecule has 4 atom stereocenters. The normalized spacial score (nSPS) is 18.7. The maximum atomic E-state index is 13.1. The van der Waals surface area contributed by atoms with Crippen LogP contribution in [0.25, 0.3) is 0 Å². The summed E-state index contributed by atoms with van der Waals surface area (Å²) in [5.41, 5.74) is 1.76. The molecule has 2 rings (SSSR count). The van der Waals surface area contributed by atoms with E-state index in [2.05, 4.69) is 11.6 Å². The van der Waals surface area contributed by atoms with Crippen LogP contribution in [0.1, 0.15) is 11.5 Å². The van der Waals surface area contributed by atoms with Crippen LogP contribution in [0.4, 0.5) is 0 Å². The first-order chi connectivity index (χ1) is 16.8. The molecule has 0 saturated carbocycles. The predicted molar refractivity (Wildman–Crippen MR) is 117 cm³/mol. The molecule has 0 radical (unpaired) electrons. The number of nitrogens with one attached hydrogen (secondary N) is 1. The van der Waals surface area contributed by atoms with E-state index in [1.54, 1.807) is 0 Å². The van der Waals surface area contributed by atoms with Crippen molar-refractivity contribution in [1.82, 2.24) is 5.32 Å². The Morgan fingerprint density at radius 2 is 1.81 bits per heavy atom. The number of aromatic hydroxyl groups is 1. The van der Waals surface area contributed by atoms with Gasteiger partial charge >= 0.3 is 23.9 Å². The molecule has 15 heteroatoms. The van der Waals surface area contributed by atoms with E-state index in [4.69, 9.17) is 25.1 Å². The number of aliphatic imine (C=N–C) groups is 1. The molecule has 1 aromatic rings. The summed E-state index contributed by atoms with van der Waals surface area (Å²) < 4.78 is 15.4. The first kappa shape index (κ1) is 27.9. The molecule has 0 bridgehead atoms. The minimum absolute atomic E-state index is 0.0798. The molecule has 0 fully saturated rings. The maximum Gasteiger partial charge on any atom is 0.365 e. The highest BCUT2D eigenvalue weighted by molar-refractivity contribution is 6.42. The summed E-state index contributed by atoms with van der Waals surface area (Å²) in [4.78, 5) is 64.4. The third kappa shape index (κ3) is 6.01. The van der Waals surface area contributed by atoms with Gasteiger partial charge in [0.15, 0.2) is 11.6 Å². The molecular formula is C21H23N3O12. The van der Waals surface area contributed by atoms with Crippen LogP contribution in [-0.2, 0) is 38.2 Å². The molecule has 1 aromatic carbocycles. The second-order valence-electron chi connectivity index (χ2n) is 7.38. The monoisotopic (exact) mass is 509 g/mol. The number of hydrogen-bond donors (Lipinski definition) is 6.